The first-order valence-corrected chi connectivity index (χ1v) is 3.52. The molecule has 1 radical (unpaired) electrons. The van der Waals surface area contributed by atoms with E-state index >= 15 is 0 Å². The van der Waals surface area contributed by atoms with Crippen LogP contribution in [0.5, 0.6) is 0 Å². The molecule has 0 fully saturated rings. The number of carbonyl (C=O) groups excluding carboxylic acids is 2. The van der Waals surface area contributed by atoms with E-state index in [1.54, 1.807) is 0 Å². The van der Waals surface area contributed by atoms with E-state index < -0.39 is 12.2 Å². The van der Waals surface area contributed by atoms with Gasteiger partial charge in [-0.1, -0.05) is 0 Å². The van der Waals surface area contributed by atoms with Gasteiger partial charge in [0.2, 0.25) is 0 Å². The van der Waals surface area contributed by atoms with Crippen LogP contribution in [0.3, 0.4) is 0 Å². The van der Waals surface area contributed by atoms with Crippen molar-refractivity contribution in [3.8, 4) is 0 Å². The first kappa shape index (κ1) is 11.5. The maximum Gasteiger partial charge on any atom is 0.412 e. The lowest BCUT2D eigenvalue weighted by Crippen LogP contribution is -2.25. The second kappa shape index (κ2) is 5.23. The van der Waals surface area contributed by atoms with Crippen molar-refractivity contribution in [3.63, 3.8) is 0 Å². The molecule has 6 heteroatoms. The molecular formula is C7H13N2O4. The van der Waals surface area contributed by atoms with E-state index in [9.17, 15) is 9.59 Å². The average Bonchev–Trinajstić information content (AvgIpc) is 2.03. The molecule has 0 aliphatic rings. The molecular weight excluding hydrogens is 176 g/mol. The summed E-state index contributed by atoms with van der Waals surface area (Å²) < 4.78 is 8.83. The molecule has 0 aromatic rings. The summed E-state index contributed by atoms with van der Waals surface area (Å²) in [5, 5.41) is 0. The highest BCUT2D eigenvalue weighted by atomic mass is 16.7. The topological polar surface area (TPSA) is 59.1 Å². The lowest BCUT2D eigenvalue weighted by molar-refractivity contribution is 0.0577. The van der Waals surface area contributed by atoms with Crippen molar-refractivity contribution >= 4 is 12.2 Å². The molecule has 0 bridgehead atoms. The SMILES string of the molecule is CN(C)C(=O)O[CH]OC(=O)N(C)C. The molecule has 0 unspecified atom stereocenters. The predicted molar refractivity (Wildman–Crippen MR) is 44.6 cm³/mol. The minimum absolute atomic E-state index is 0.605. The normalized spacial score (nSPS) is 8.92. The molecule has 0 rings (SSSR count). The molecule has 0 saturated heterocycles. The van der Waals surface area contributed by atoms with Gasteiger partial charge in [0.25, 0.3) is 0 Å². The van der Waals surface area contributed by atoms with Crippen molar-refractivity contribution in [3.05, 3.63) is 6.79 Å². The summed E-state index contributed by atoms with van der Waals surface area (Å²) in [6.45, 7) is 0.699. The molecule has 0 aromatic heterocycles. The van der Waals surface area contributed by atoms with E-state index in [4.69, 9.17) is 0 Å². The van der Waals surface area contributed by atoms with Gasteiger partial charge in [-0.25, -0.2) is 9.59 Å². The molecule has 75 valence electrons. The molecule has 0 N–H and O–H groups in total. The second-order valence-corrected chi connectivity index (χ2v) is 2.65. The van der Waals surface area contributed by atoms with Gasteiger partial charge in [-0.15, -0.1) is 0 Å². The number of amides is 2. The molecule has 0 saturated carbocycles. The third-order valence-electron chi connectivity index (χ3n) is 1.03. The maximum absolute atomic E-state index is 10.8. The fourth-order valence-electron chi connectivity index (χ4n) is 0.317. The summed E-state index contributed by atoms with van der Waals surface area (Å²) in [4.78, 5) is 23.9. The molecule has 0 heterocycles. The summed E-state index contributed by atoms with van der Waals surface area (Å²) in [6.07, 6.45) is -1.21. The van der Waals surface area contributed by atoms with E-state index in [0.717, 1.165) is 0 Å². The Morgan fingerprint density at radius 1 is 0.923 bits per heavy atom. The zero-order valence-electron chi connectivity index (χ0n) is 8.10. The highest BCUT2D eigenvalue weighted by Crippen LogP contribution is 1.94. The van der Waals surface area contributed by atoms with Gasteiger partial charge in [0.15, 0.2) is 0 Å². The Kier molecular flexibility index (Phi) is 4.64. The smallest absolute Gasteiger partial charge is 0.401 e. The molecule has 0 aromatic carbocycles. The van der Waals surface area contributed by atoms with Gasteiger partial charge in [0.05, 0.1) is 0 Å². The number of rotatable bonds is 2. The molecule has 0 spiro atoms. The number of hydrogen-bond donors (Lipinski definition) is 0. The summed E-state index contributed by atoms with van der Waals surface area (Å²) in [6, 6.07) is 0. The van der Waals surface area contributed by atoms with Gasteiger partial charge < -0.3 is 19.3 Å². The van der Waals surface area contributed by atoms with Crippen molar-refractivity contribution in [1.29, 1.82) is 0 Å². The van der Waals surface area contributed by atoms with Crippen LogP contribution in [-0.4, -0.2) is 50.2 Å². The van der Waals surface area contributed by atoms with Crippen LogP contribution < -0.4 is 0 Å². The highest BCUT2D eigenvalue weighted by Gasteiger charge is 2.09. The van der Waals surface area contributed by atoms with Gasteiger partial charge in [0, 0.05) is 28.2 Å². The Morgan fingerprint density at radius 3 is 1.46 bits per heavy atom. The zero-order valence-corrected chi connectivity index (χ0v) is 8.10. The number of hydrogen-bond acceptors (Lipinski definition) is 4. The zero-order chi connectivity index (χ0) is 10.4. The van der Waals surface area contributed by atoms with Crippen LogP contribution in [0.4, 0.5) is 9.59 Å². The lowest BCUT2D eigenvalue weighted by Gasteiger charge is -2.12. The molecule has 0 aliphatic carbocycles. The minimum Gasteiger partial charge on any atom is -0.401 e. The first-order valence-electron chi connectivity index (χ1n) is 3.52. The van der Waals surface area contributed by atoms with Crippen molar-refractivity contribution < 1.29 is 19.1 Å². The van der Waals surface area contributed by atoms with E-state index in [2.05, 4.69) is 9.47 Å². The Balaban J connectivity index is 3.57. The number of carbonyl (C=O) groups is 2. The maximum atomic E-state index is 10.8. The number of nitrogens with zero attached hydrogens (tertiary/aromatic N) is 2. The van der Waals surface area contributed by atoms with Crippen molar-refractivity contribution in [2.75, 3.05) is 28.2 Å². The predicted octanol–water partition coefficient (Wildman–Crippen LogP) is 0.502. The fourth-order valence-corrected chi connectivity index (χ4v) is 0.317. The van der Waals surface area contributed by atoms with Crippen molar-refractivity contribution in [2.24, 2.45) is 0 Å². The molecule has 2 amide bonds. The van der Waals surface area contributed by atoms with Crippen molar-refractivity contribution in [1.82, 2.24) is 9.80 Å². The number of ether oxygens (including phenoxy) is 2. The average molecular weight is 189 g/mol. The third kappa shape index (κ3) is 4.89. The van der Waals surface area contributed by atoms with E-state index in [-0.39, 0.29) is 0 Å². The van der Waals surface area contributed by atoms with Crippen LogP contribution in [-0.2, 0) is 9.47 Å². The van der Waals surface area contributed by atoms with Gasteiger partial charge in [-0.05, 0) is 0 Å². The Hall–Kier alpha value is -1.46. The fraction of sp³-hybridized carbons (Fsp3) is 0.571. The third-order valence-corrected chi connectivity index (χ3v) is 1.03. The van der Waals surface area contributed by atoms with Crippen LogP contribution >= 0.6 is 0 Å². The minimum atomic E-state index is -0.605. The van der Waals surface area contributed by atoms with Crippen LogP contribution in [0.2, 0.25) is 0 Å². The Morgan fingerprint density at radius 2 is 1.23 bits per heavy atom. The van der Waals surface area contributed by atoms with Crippen LogP contribution in [0.15, 0.2) is 0 Å². The van der Waals surface area contributed by atoms with E-state index in [1.807, 2.05) is 0 Å². The molecule has 13 heavy (non-hydrogen) atoms. The summed E-state index contributed by atoms with van der Waals surface area (Å²) in [7, 11) is 6.07. The van der Waals surface area contributed by atoms with Gasteiger partial charge in [-0.2, -0.15) is 0 Å². The Labute approximate surface area is 77.0 Å². The summed E-state index contributed by atoms with van der Waals surface area (Å²) >= 11 is 0. The Bertz CT molecular complexity index is 171. The van der Waals surface area contributed by atoms with Crippen LogP contribution in [0, 0.1) is 6.79 Å². The van der Waals surface area contributed by atoms with Gasteiger partial charge in [-0.3, -0.25) is 0 Å². The highest BCUT2D eigenvalue weighted by molar-refractivity contribution is 5.69. The second-order valence-electron chi connectivity index (χ2n) is 2.65. The van der Waals surface area contributed by atoms with E-state index in [0.29, 0.717) is 6.79 Å². The van der Waals surface area contributed by atoms with Gasteiger partial charge in [0.1, 0.15) is 0 Å². The van der Waals surface area contributed by atoms with Crippen LogP contribution in [0.25, 0.3) is 0 Å². The van der Waals surface area contributed by atoms with Crippen molar-refractivity contribution in [2.45, 2.75) is 0 Å². The van der Waals surface area contributed by atoms with Gasteiger partial charge >= 0.3 is 19.0 Å². The molecule has 6 nitrogen and oxygen atoms in total. The molecule has 0 aliphatic heterocycles. The first-order chi connectivity index (χ1) is 5.95. The quantitative estimate of drug-likeness (QED) is 0.634. The van der Waals surface area contributed by atoms with E-state index in [1.165, 1.54) is 38.0 Å². The summed E-state index contributed by atoms with van der Waals surface area (Å²) in [5.74, 6) is 0. The molecule has 0 atom stereocenters. The lowest BCUT2D eigenvalue weighted by atomic mass is 10.9. The summed E-state index contributed by atoms with van der Waals surface area (Å²) in [5.41, 5.74) is 0. The monoisotopic (exact) mass is 189 g/mol. The van der Waals surface area contributed by atoms with Crippen LogP contribution in [0.1, 0.15) is 0 Å². The largest absolute Gasteiger partial charge is 0.412 e. The standard InChI is InChI=1S/C7H13N2O4/c1-8(2)6(10)12-5-13-7(11)9(3)4/h5H,1-4H3.